The summed E-state index contributed by atoms with van der Waals surface area (Å²) in [7, 11) is 0. The van der Waals surface area contributed by atoms with Crippen molar-refractivity contribution in [2.24, 2.45) is 0 Å². The van der Waals surface area contributed by atoms with E-state index in [0.717, 1.165) is 11.1 Å². The van der Waals surface area contributed by atoms with E-state index in [0.29, 0.717) is 13.1 Å². The van der Waals surface area contributed by atoms with Gasteiger partial charge < -0.3 is 9.74 Å². The van der Waals surface area contributed by atoms with E-state index in [1.807, 2.05) is 60.7 Å². The van der Waals surface area contributed by atoms with Crippen molar-refractivity contribution in [3.05, 3.63) is 83.2 Å². The Hall–Kier alpha value is -2.60. The molecule has 0 saturated carbocycles. The Kier molecular flexibility index (Phi) is 4.91. The van der Waals surface area contributed by atoms with E-state index in [9.17, 15) is 4.79 Å². The number of rotatable bonds is 5. The molecule has 0 unspecified atom stereocenters. The Balaban J connectivity index is 2.13. The van der Waals surface area contributed by atoms with Gasteiger partial charge in [0.2, 0.25) is 0 Å². The molecule has 100 valence electrons. The van der Waals surface area contributed by atoms with Crippen molar-refractivity contribution in [1.29, 1.82) is 0 Å². The highest BCUT2D eigenvalue weighted by Gasteiger charge is 2.16. The zero-order chi connectivity index (χ0) is 14.2. The van der Waals surface area contributed by atoms with E-state index in [-0.39, 0.29) is 12.5 Å². The predicted octanol–water partition coefficient (Wildman–Crippen LogP) is 3.13. The van der Waals surface area contributed by atoms with Crippen LogP contribution in [0, 0.1) is 6.57 Å². The Bertz CT molecular complexity index is 546. The minimum absolute atomic E-state index is 0.0976. The van der Waals surface area contributed by atoms with Crippen LogP contribution in [0.3, 0.4) is 0 Å². The smallest absolute Gasteiger partial charge is 0.303 e. The third kappa shape index (κ3) is 3.96. The minimum Gasteiger partial charge on any atom is -0.328 e. The molecule has 3 heteroatoms. The average molecular weight is 264 g/mol. The number of carbonyl (C=O) groups excluding carboxylic acids is 1. The summed E-state index contributed by atoms with van der Waals surface area (Å²) in [6.07, 6.45) is 0. The van der Waals surface area contributed by atoms with Crippen molar-refractivity contribution in [2.45, 2.75) is 13.1 Å². The quantitative estimate of drug-likeness (QED) is 0.761. The van der Waals surface area contributed by atoms with Gasteiger partial charge in [-0.1, -0.05) is 60.7 Å². The van der Waals surface area contributed by atoms with Crippen LogP contribution in [0.2, 0.25) is 0 Å². The van der Waals surface area contributed by atoms with Crippen molar-refractivity contribution in [3.63, 3.8) is 0 Å². The largest absolute Gasteiger partial charge is 0.328 e. The molecule has 0 fully saturated rings. The lowest BCUT2D eigenvalue weighted by molar-refractivity contribution is -0.130. The summed E-state index contributed by atoms with van der Waals surface area (Å²) in [5.41, 5.74) is 2.14. The molecule has 0 aliphatic heterocycles. The lowest BCUT2D eigenvalue weighted by Crippen LogP contribution is -2.31. The summed E-state index contributed by atoms with van der Waals surface area (Å²) < 4.78 is 0. The van der Waals surface area contributed by atoms with Crippen LogP contribution in [-0.4, -0.2) is 17.4 Å². The molecule has 0 heterocycles. The van der Waals surface area contributed by atoms with Gasteiger partial charge in [-0.2, -0.15) is 0 Å². The van der Waals surface area contributed by atoms with E-state index in [4.69, 9.17) is 6.57 Å². The first-order chi connectivity index (χ1) is 9.79. The van der Waals surface area contributed by atoms with E-state index in [1.165, 1.54) is 0 Å². The van der Waals surface area contributed by atoms with Gasteiger partial charge in [0.05, 0.1) is 0 Å². The van der Waals surface area contributed by atoms with Crippen LogP contribution >= 0.6 is 0 Å². The van der Waals surface area contributed by atoms with Crippen LogP contribution in [0.15, 0.2) is 60.7 Å². The normalized spacial score (nSPS) is 9.75. The SMILES string of the molecule is [C-]#[N+]CC(=O)N(Cc1ccccc1)Cc1ccccc1. The number of nitrogens with zero attached hydrogens (tertiary/aromatic N) is 2. The van der Waals surface area contributed by atoms with Crippen LogP contribution in [0.25, 0.3) is 4.85 Å². The third-order valence-corrected chi connectivity index (χ3v) is 3.00. The summed E-state index contributed by atoms with van der Waals surface area (Å²) in [6.45, 7) is 7.83. The van der Waals surface area contributed by atoms with Crippen molar-refractivity contribution in [1.82, 2.24) is 4.90 Å². The molecule has 0 aliphatic carbocycles. The molecule has 0 radical (unpaired) electrons. The van der Waals surface area contributed by atoms with Gasteiger partial charge in [0, 0.05) is 13.1 Å². The van der Waals surface area contributed by atoms with Crippen LogP contribution < -0.4 is 0 Å². The average Bonchev–Trinajstić information content (AvgIpc) is 2.49. The first-order valence-electron chi connectivity index (χ1n) is 6.48. The van der Waals surface area contributed by atoms with Gasteiger partial charge in [-0.25, -0.2) is 6.57 Å². The molecular formula is C17H16N2O. The summed E-state index contributed by atoms with van der Waals surface area (Å²) in [5.74, 6) is -0.132. The Morgan fingerprint density at radius 1 is 0.900 bits per heavy atom. The lowest BCUT2D eigenvalue weighted by Gasteiger charge is -2.21. The maximum absolute atomic E-state index is 12.1. The second-order valence-corrected chi connectivity index (χ2v) is 4.54. The summed E-state index contributed by atoms with van der Waals surface area (Å²) in [6, 6.07) is 19.7. The van der Waals surface area contributed by atoms with E-state index in [1.54, 1.807) is 4.90 Å². The van der Waals surface area contributed by atoms with Crippen molar-refractivity contribution < 1.29 is 4.79 Å². The van der Waals surface area contributed by atoms with E-state index >= 15 is 0 Å². The Morgan fingerprint density at radius 3 is 1.75 bits per heavy atom. The van der Waals surface area contributed by atoms with Crippen LogP contribution in [0.5, 0.6) is 0 Å². The maximum Gasteiger partial charge on any atom is 0.303 e. The molecule has 2 rings (SSSR count). The summed E-state index contributed by atoms with van der Waals surface area (Å²) >= 11 is 0. The number of hydrogen-bond acceptors (Lipinski definition) is 1. The van der Waals surface area contributed by atoms with Gasteiger partial charge in [-0.05, 0) is 11.1 Å². The minimum atomic E-state index is -0.132. The highest BCUT2D eigenvalue weighted by Crippen LogP contribution is 2.10. The van der Waals surface area contributed by atoms with Gasteiger partial charge in [-0.15, -0.1) is 0 Å². The fourth-order valence-corrected chi connectivity index (χ4v) is 2.01. The molecule has 0 aliphatic rings. The third-order valence-electron chi connectivity index (χ3n) is 3.00. The van der Waals surface area contributed by atoms with Crippen molar-refractivity contribution in [3.8, 4) is 0 Å². The van der Waals surface area contributed by atoms with Crippen molar-refractivity contribution >= 4 is 5.91 Å². The second-order valence-electron chi connectivity index (χ2n) is 4.54. The summed E-state index contributed by atoms with van der Waals surface area (Å²) in [4.78, 5) is 17.0. The Labute approximate surface area is 119 Å². The molecule has 1 amide bonds. The van der Waals surface area contributed by atoms with Gasteiger partial charge in [0.25, 0.3) is 6.54 Å². The number of hydrogen-bond donors (Lipinski definition) is 0. The zero-order valence-electron chi connectivity index (χ0n) is 11.2. The topological polar surface area (TPSA) is 24.7 Å². The van der Waals surface area contributed by atoms with E-state index in [2.05, 4.69) is 4.85 Å². The lowest BCUT2D eigenvalue weighted by atomic mass is 10.1. The maximum atomic E-state index is 12.1. The molecule has 2 aromatic carbocycles. The predicted molar refractivity (Wildman–Crippen MR) is 78.6 cm³/mol. The number of amides is 1. The molecule has 3 nitrogen and oxygen atoms in total. The number of benzene rings is 2. The molecule has 0 N–H and O–H groups in total. The fraction of sp³-hybridized carbons (Fsp3) is 0.176. The fourth-order valence-electron chi connectivity index (χ4n) is 2.01. The molecule has 0 saturated heterocycles. The van der Waals surface area contributed by atoms with Gasteiger partial charge >= 0.3 is 5.91 Å². The highest BCUT2D eigenvalue weighted by molar-refractivity contribution is 5.79. The first-order valence-corrected chi connectivity index (χ1v) is 6.48. The molecule has 2 aromatic rings. The summed E-state index contributed by atoms with van der Waals surface area (Å²) in [5, 5.41) is 0. The zero-order valence-corrected chi connectivity index (χ0v) is 11.2. The monoisotopic (exact) mass is 264 g/mol. The van der Waals surface area contributed by atoms with Crippen LogP contribution in [0.1, 0.15) is 11.1 Å². The molecule has 20 heavy (non-hydrogen) atoms. The molecular weight excluding hydrogens is 248 g/mol. The van der Waals surface area contributed by atoms with Gasteiger partial charge in [-0.3, -0.25) is 4.79 Å². The van der Waals surface area contributed by atoms with Gasteiger partial charge in [0.1, 0.15) is 0 Å². The van der Waals surface area contributed by atoms with Crippen molar-refractivity contribution in [2.75, 3.05) is 6.54 Å². The molecule has 0 bridgehead atoms. The Morgan fingerprint density at radius 2 is 1.35 bits per heavy atom. The first kappa shape index (κ1) is 13.8. The van der Waals surface area contributed by atoms with Crippen LogP contribution in [-0.2, 0) is 17.9 Å². The second kappa shape index (κ2) is 7.10. The van der Waals surface area contributed by atoms with Crippen LogP contribution in [0.4, 0.5) is 0 Å². The highest BCUT2D eigenvalue weighted by atomic mass is 16.2. The number of carbonyl (C=O) groups is 1. The van der Waals surface area contributed by atoms with E-state index < -0.39 is 0 Å². The van der Waals surface area contributed by atoms with Gasteiger partial charge in [0.15, 0.2) is 0 Å². The molecule has 0 atom stereocenters. The molecule has 0 aromatic heterocycles. The molecule has 0 spiro atoms. The standard InChI is InChI=1S/C17H16N2O/c1-18-12-17(20)19(13-15-8-4-2-5-9-15)14-16-10-6-3-7-11-16/h2-11H,12-14H2.